The molecule has 1 fully saturated rings. The lowest BCUT2D eigenvalue weighted by atomic mass is 9.80. The SMILES string of the molecule is CC(C)C1CCC(Oc2ccc3ccc(C=O)cc3c2C(F)(F)F)CC1. The summed E-state index contributed by atoms with van der Waals surface area (Å²) in [5.41, 5.74) is -0.567. The van der Waals surface area contributed by atoms with Crippen LogP contribution in [0.3, 0.4) is 0 Å². The Morgan fingerprint density at radius 1 is 1.08 bits per heavy atom. The molecular weight excluding hydrogens is 341 g/mol. The summed E-state index contributed by atoms with van der Waals surface area (Å²) in [7, 11) is 0. The molecule has 0 N–H and O–H groups in total. The molecule has 140 valence electrons. The van der Waals surface area contributed by atoms with E-state index in [9.17, 15) is 18.0 Å². The molecule has 5 heteroatoms. The monoisotopic (exact) mass is 364 g/mol. The van der Waals surface area contributed by atoms with Crippen molar-refractivity contribution < 1.29 is 22.7 Å². The highest BCUT2D eigenvalue weighted by atomic mass is 19.4. The molecule has 2 aromatic carbocycles. The second-order valence-electron chi connectivity index (χ2n) is 7.43. The summed E-state index contributed by atoms with van der Waals surface area (Å²) in [4.78, 5) is 11.0. The zero-order valence-corrected chi connectivity index (χ0v) is 15.0. The van der Waals surface area contributed by atoms with Crippen LogP contribution in [-0.4, -0.2) is 12.4 Å². The first-order valence-corrected chi connectivity index (χ1v) is 9.05. The summed E-state index contributed by atoms with van der Waals surface area (Å²) < 4.78 is 47.1. The van der Waals surface area contributed by atoms with Gasteiger partial charge in [0.25, 0.3) is 0 Å². The van der Waals surface area contributed by atoms with Crippen molar-refractivity contribution in [3.63, 3.8) is 0 Å². The Kier molecular flexibility index (Phi) is 5.26. The summed E-state index contributed by atoms with van der Waals surface area (Å²) in [5, 5.41) is 0.453. The van der Waals surface area contributed by atoms with Crippen LogP contribution >= 0.6 is 0 Å². The fourth-order valence-corrected chi connectivity index (χ4v) is 3.83. The van der Waals surface area contributed by atoms with Crippen molar-refractivity contribution >= 4 is 17.1 Å². The minimum Gasteiger partial charge on any atom is -0.490 e. The molecule has 0 amide bonds. The molecular formula is C21H23F3O2. The fraction of sp³-hybridized carbons (Fsp3) is 0.476. The van der Waals surface area contributed by atoms with Crippen molar-refractivity contribution in [1.29, 1.82) is 0 Å². The van der Waals surface area contributed by atoms with Gasteiger partial charge in [0.15, 0.2) is 0 Å². The van der Waals surface area contributed by atoms with Gasteiger partial charge < -0.3 is 4.74 Å². The number of aldehydes is 1. The Morgan fingerprint density at radius 3 is 2.31 bits per heavy atom. The molecule has 2 aromatic rings. The van der Waals surface area contributed by atoms with Gasteiger partial charge >= 0.3 is 6.18 Å². The van der Waals surface area contributed by atoms with E-state index in [-0.39, 0.29) is 22.8 Å². The van der Waals surface area contributed by atoms with Crippen LogP contribution in [0.4, 0.5) is 13.2 Å². The number of ether oxygens (including phenoxy) is 1. The van der Waals surface area contributed by atoms with Crippen LogP contribution in [0.2, 0.25) is 0 Å². The number of fused-ring (bicyclic) bond motifs is 1. The number of carbonyl (C=O) groups is 1. The summed E-state index contributed by atoms with van der Waals surface area (Å²) in [5.74, 6) is 1.06. The topological polar surface area (TPSA) is 26.3 Å². The molecule has 0 aliphatic heterocycles. The van der Waals surface area contributed by atoms with Crippen molar-refractivity contribution in [1.82, 2.24) is 0 Å². The third kappa shape index (κ3) is 3.87. The van der Waals surface area contributed by atoms with Gasteiger partial charge in [-0.15, -0.1) is 0 Å². The molecule has 3 rings (SSSR count). The first kappa shape index (κ1) is 18.7. The van der Waals surface area contributed by atoms with Gasteiger partial charge in [-0.1, -0.05) is 32.0 Å². The Morgan fingerprint density at radius 2 is 1.73 bits per heavy atom. The molecule has 2 nitrogen and oxygen atoms in total. The van der Waals surface area contributed by atoms with Crippen molar-refractivity contribution in [2.24, 2.45) is 11.8 Å². The molecule has 1 saturated carbocycles. The third-order valence-corrected chi connectivity index (χ3v) is 5.38. The average molecular weight is 364 g/mol. The molecule has 1 aliphatic carbocycles. The van der Waals surface area contributed by atoms with E-state index < -0.39 is 11.7 Å². The summed E-state index contributed by atoms with van der Waals surface area (Å²) in [6.07, 6.45) is -0.692. The highest BCUT2D eigenvalue weighted by Crippen LogP contribution is 2.43. The van der Waals surface area contributed by atoms with Crippen LogP contribution in [0.1, 0.15) is 55.5 Å². The highest BCUT2D eigenvalue weighted by Gasteiger charge is 2.37. The predicted molar refractivity (Wildman–Crippen MR) is 95.5 cm³/mol. The quantitative estimate of drug-likeness (QED) is 0.598. The van der Waals surface area contributed by atoms with E-state index in [1.807, 2.05) is 0 Å². The maximum Gasteiger partial charge on any atom is 0.420 e. The van der Waals surface area contributed by atoms with E-state index in [1.54, 1.807) is 6.07 Å². The lowest BCUT2D eigenvalue weighted by Crippen LogP contribution is -2.27. The summed E-state index contributed by atoms with van der Waals surface area (Å²) in [6.45, 7) is 4.36. The van der Waals surface area contributed by atoms with E-state index in [4.69, 9.17) is 4.74 Å². The molecule has 26 heavy (non-hydrogen) atoms. The Hall–Kier alpha value is -2.04. The van der Waals surface area contributed by atoms with Gasteiger partial charge in [0.05, 0.1) is 6.10 Å². The van der Waals surface area contributed by atoms with Crippen molar-refractivity contribution in [3.8, 4) is 5.75 Å². The molecule has 0 radical (unpaired) electrons. The number of hydrogen-bond donors (Lipinski definition) is 0. The van der Waals surface area contributed by atoms with Crippen molar-refractivity contribution in [3.05, 3.63) is 41.5 Å². The number of carbonyl (C=O) groups excluding carboxylic acids is 1. The zero-order valence-electron chi connectivity index (χ0n) is 15.0. The fourth-order valence-electron chi connectivity index (χ4n) is 3.83. The maximum atomic E-state index is 13.8. The zero-order chi connectivity index (χ0) is 18.9. The van der Waals surface area contributed by atoms with Gasteiger partial charge in [-0.25, -0.2) is 0 Å². The van der Waals surface area contributed by atoms with Crippen LogP contribution in [0.15, 0.2) is 30.3 Å². The number of hydrogen-bond acceptors (Lipinski definition) is 2. The number of benzene rings is 2. The molecule has 0 atom stereocenters. The Bertz CT molecular complexity index is 788. The molecule has 0 unspecified atom stereocenters. The van der Waals surface area contributed by atoms with Crippen LogP contribution < -0.4 is 4.74 Å². The normalized spacial score (nSPS) is 21.2. The molecule has 0 aromatic heterocycles. The van der Waals surface area contributed by atoms with Crippen molar-refractivity contribution in [2.75, 3.05) is 0 Å². The second kappa shape index (κ2) is 7.29. The van der Waals surface area contributed by atoms with Crippen LogP contribution in [-0.2, 0) is 6.18 Å². The molecule has 0 heterocycles. The summed E-state index contributed by atoms with van der Waals surface area (Å²) in [6, 6.07) is 7.36. The minimum absolute atomic E-state index is 0.00969. The highest BCUT2D eigenvalue weighted by molar-refractivity contribution is 5.92. The van der Waals surface area contributed by atoms with Crippen LogP contribution in [0.25, 0.3) is 10.8 Å². The minimum atomic E-state index is -4.55. The van der Waals surface area contributed by atoms with E-state index in [2.05, 4.69) is 13.8 Å². The second-order valence-corrected chi connectivity index (χ2v) is 7.43. The largest absolute Gasteiger partial charge is 0.490 e. The van der Waals surface area contributed by atoms with E-state index >= 15 is 0 Å². The molecule has 0 bridgehead atoms. The lowest BCUT2D eigenvalue weighted by Gasteiger charge is -2.31. The Labute approximate surface area is 151 Å². The molecule has 1 aliphatic rings. The average Bonchev–Trinajstić information content (AvgIpc) is 2.60. The van der Waals surface area contributed by atoms with Crippen molar-refractivity contribution in [2.45, 2.75) is 51.8 Å². The van der Waals surface area contributed by atoms with E-state index in [0.717, 1.165) is 25.7 Å². The van der Waals surface area contributed by atoms with E-state index in [1.165, 1.54) is 24.3 Å². The third-order valence-electron chi connectivity index (χ3n) is 5.38. The Balaban J connectivity index is 1.94. The van der Waals surface area contributed by atoms with Gasteiger partial charge in [-0.3, -0.25) is 4.79 Å². The molecule has 0 spiro atoms. The van der Waals surface area contributed by atoms with Gasteiger partial charge in [0.2, 0.25) is 0 Å². The van der Waals surface area contributed by atoms with Crippen LogP contribution in [0, 0.1) is 11.8 Å². The van der Waals surface area contributed by atoms with Gasteiger partial charge in [0, 0.05) is 5.56 Å². The number of alkyl halides is 3. The maximum absolute atomic E-state index is 13.8. The van der Waals surface area contributed by atoms with Gasteiger partial charge in [-0.2, -0.15) is 13.2 Å². The summed E-state index contributed by atoms with van der Waals surface area (Å²) >= 11 is 0. The number of rotatable bonds is 4. The molecule has 0 saturated heterocycles. The predicted octanol–water partition coefficient (Wildman–Crippen LogP) is 6.26. The number of halogens is 3. The van der Waals surface area contributed by atoms with Gasteiger partial charge in [0.1, 0.15) is 17.6 Å². The first-order valence-electron chi connectivity index (χ1n) is 9.05. The van der Waals surface area contributed by atoms with E-state index in [0.29, 0.717) is 23.5 Å². The standard InChI is InChI=1S/C21H23F3O2/c1-13(2)15-5-8-17(9-6-15)26-19-10-7-16-4-3-14(12-25)11-18(16)20(19)21(22,23)24/h3-4,7,10-13,15,17H,5-6,8-9H2,1-2H3. The smallest absolute Gasteiger partial charge is 0.420 e. The van der Waals surface area contributed by atoms with Gasteiger partial charge in [-0.05, 0) is 60.4 Å². The lowest BCUT2D eigenvalue weighted by molar-refractivity contribution is -0.138. The first-order chi connectivity index (χ1) is 12.3. The van der Waals surface area contributed by atoms with Crippen LogP contribution in [0.5, 0.6) is 5.75 Å².